The third-order valence-electron chi connectivity index (χ3n) is 10.2. The number of para-hydroxylation sites is 2. The van der Waals surface area contributed by atoms with Crippen LogP contribution in [0.4, 0.5) is 9.59 Å². The number of methoxy groups -OCH3 is 4. The van der Waals surface area contributed by atoms with E-state index in [0.29, 0.717) is 12.8 Å². The maximum absolute atomic E-state index is 14.3. The summed E-state index contributed by atoms with van der Waals surface area (Å²) in [7, 11) is 6.06. The molecule has 0 bridgehead atoms. The van der Waals surface area contributed by atoms with Gasteiger partial charge in [0.05, 0.1) is 24.2 Å². The Morgan fingerprint density at radius 2 is 0.887 bits per heavy atom. The number of nitrogens with zero attached hydrogens (tertiary/aromatic N) is 4. The summed E-state index contributed by atoms with van der Waals surface area (Å²) in [5, 5.41) is 1.77. The molecule has 2 heterocycles. The minimum absolute atomic E-state index is 0.0451. The van der Waals surface area contributed by atoms with Gasteiger partial charge in [-0.25, -0.2) is 19.2 Å². The molecule has 0 spiro atoms. The molecule has 0 aliphatic rings. The zero-order chi connectivity index (χ0) is 45.9. The van der Waals surface area contributed by atoms with Crippen molar-refractivity contribution in [1.82, 2.24) is 18.9 Å². The van der Waals surface area contributed by atoms with E-state index >= 15 is 0 Å². The van der Waals surface area contributed by atoms with E-state index in [9.17, 15) is 19.2 Å². The monoisotopic (exact) mass is 866 g/mol. The largest absolute Gasteiger partial charge is 0.464 e. The summed E-state index contributed by atoms with van der Waals surface area (Å²) < 4.78 is 48.9. The Bertz CT molecular complexity index is 1980. The Morgan fingerprint density at radius 3 is 1.21 bits per heavy atom. The van der Waals surface area contributed by atoms with Gasteiger partial charge in [-0.15, -0.1) is 0 Å². The Labute approximate surface area is 365 Å². The molecule has 16 heteroatoms. The third-order valence-corrected chi connectivity index (χ3v) is 10.2. The van der Waals surface area contributed by atoms with Gasteiger partial charge in [0.1, 0.15) is 49.2 Å². The van der Waals surface area contributed by atoms with Crippen LogP contribution in [0, 0.1) is 0 Å². The summed E-state index contributed by atoms with van der Waals surface area (Å²) in [4.78, 5) is 58.5. The lowest BCUT2D eigenvalue weighted by Gasteiger charge is -2.39. The van der Waals surface area contributed by atoms with Gasteiger partial charge in [-0.05, 0) is 91.5 Å². The topological polar surface area (TPSA) is 158 Å². The number of amides is 2. The van der Waals surface area contributed by atoms with E-state index in [1.165, 1.54) is 24.0 Å². The van der Waals surface area contributed by atoms with Gasteiger partial charge in [0, 0.05) is 64.4 Å². The molecule has 62 heavy (non-hydrogen) atoms. The fourth-order valence-electron chi connectivity index (χ4n) is 7.25. The van der Waals surface area contributed by atoms with Crippen LogP contribution in [0.15, 0.2) is 60.9 Å². The smallest absolute Gasteiger partial charge is 0.413 e. The van der Waals surface area contributed by atoms with Crippen LogP contribution in [0.1, 0.15) is 79.4 Å². The lowest BCUT2D eigenvalue weighted by atomic mass is 9.91. The number of carbonyl (C=O) groups excluding carboxylic acids is 4. The molecule has 4 rings (SSSR count). The zero-order valence-corrected chi connectivity index (χ0v) is 38.5. The minimum Gasteiger partial charge on any atom is -0.464 e. The molecule has 2 amide bonds. The molecule has 0 aliphatic heterocycles. The van der Waals surface area contributed by atoms with E-state index in [1.54, 1.807) is 69.6 Å². The Hall–Kier alpha value is -5.16. The van der Waals surface area contributed by atoms with E-state index < -0.39 is 46.4 Å². The van der Waals surface area contributed by atoms with Gasteiger partial charge >= 0.3 is 24.1 Å². The maximum atomic E-state index is 14.3. The van der Waals surface area contributed by atoms with Crippen LogP contribution < -0.4 is 0 Å². The van der Waals surface area contributed by atoms with E-state index in [4.69, 9.17) is 37.9 Å². The van der Waals surface area contributed by atoms with E-state index in [0.717, 1.165) is 32.9 Å². The van der Waals surface area contributed by atoms with Gasteiger partial charge in [-0.3, -0.25) is 9.80 Å². The molecule has 2 atom stereocenters. The minimum atomic E-state index is -1.58. The van der Waals surface area contributed by atoms with Crippen molar-refractivity contribution in [2.75, 3.05) is 55.1 Å². The zero-order valence-electron chi connectivity index (χ0n) is 38.5. The number of aromatic nitrogens is 2. The van der Waals surface area contributed by atoms with Crippen molar-refractivity contribution in [3.05, 3.63) is 72.1 Å². The fourth-order valence-corrected chi connectivity index (χ4v) is 7.25. The van der Waals surface area contributed by atoms with Crippen LogP contribution in [-0.4, -0.2) is 120 Å². The summed E-state index contributed by atoms with van der Waals surface area (Å²) in [5.74, 6) is -1.34. The molecule has 0 fully saturated rings. The number of hydrogen-bond donors (Lipinski definition) is 0. The van der Waals surface area contributed by atoms with E-state index in [2.05, 4.69) is 0 Å². The SMILES string of the molecule is COCN(C(=O)OC(C)(C)C)[C@@](C)(Cc1cn(COC)c2ccccc12)C(=O)OCCCCOC(=O)[C@](C)(Cc1cn(COC)c2ccccc12)N(COC)C(=O)OC(C)(C)C. The van der Waals surface area contributed by atoms with Crippen molar-refractivity contribution >= 4 is 45.9 Å². The number of rotatable bonds is 21. The van der Waals surface area contributed by atoms with Gasteiger partial charge < -0.3 is 47.0 Å². The van der Waals surface area contributed by atoms with Gasteiger partial charge in [-0.1, -0.05) is 36.4 Å². The van der Waals surface area contributed by atoms with Crippen molar-refractivity contribution in [1.29, 1.82) is 0 Å². The van der Waals surface area contributed by atoms with Crippen LogP contribution >= 0.6 is 0 Å². The molecule has 0 radical (unpaired) electrons. The fraction of sp³-hybridized carbons (Fsp3) is 0.565. The average molecular weight is 867 g/mol. The summed E-state index contributed by atoms with van der Waals surface area (Å²) >= 11 is 0. The number of esters is 2. The third kappa shape index (κ3) is 12.3. The molecule has 0 N–H and O–H groups in total. The van der Waals surface area contributed by atoms with Gasteiger partial charge in [-0.2, -0.15) is 0 Å². The number of fused-ring (bicyclic) bond motifs is 2. The number of benzene rings is 2. The first kappa shape index (κ1) is 49.5. The maximum Gasteiger partial charge on any atom is 0.413 e. The molecule has 342 valence electrons. The average Bonchev–Trinajstić information content (AvgIpc) is 3.72. The quantitative estimate of drug-likeness (QED) is 0.0349. The van der Waals surface area contributed by atoms with Crippen LogP contribution in [0.5, 0.6) is 0 Å². The molecule has 0 aliphatic carbocycles. The Kier molecular flexibility index (Phi) is 17.0. The molecule has 0 saturated heterocycles. The van der Waals surface area contributed by atoms with Crippen molar-refractivity contribution in [2.24, 2.45) is 0 Å². The molecule has 2 aromatic heterocycles. The van der Waals surface area contributed by atoms with Crippen LogP contribution in [0.2, 0.25) is 0 Å². The highest BCUT2D eigenvalue weighted by Crippen LogP contribution is 2.33. The van der Waals surface area contributed by atoms with Crippen LogP contribution in [-0.2, 0) is 73.8 Å². The number of ether oxygens (including phenoxy) is 8. The highest BCUT2D eigenvalue weighted by molar-refractivity contribution is 5.90. The predicted octanol–water partition coefficient (Wildman–Crippen LogP) is 7.66. The lowest BCUT2D eigenvalue weighted by Crippen LogP contribution is -2.58. The first-order valence-corrected chi connectivity index (χ1v) is 20.7. The lowest BCUT2D eigenvalue weighted by molar-refractivity contribution is -0.162. The van der Waals surface area contributed by atoms with E-state index in [1.807, 2.05) is 70.1 Å². The second-order valence-electron chi connectivity index (χ2n) is 17.7. The van der Waals surface area contributed by atoms with E-state index in [-0.39, 0.29) is 53.0 Å². The van der Waals surface area contributed by atoms with Gasteiger partial charge in [0.2, 0.25) is 0 Å². The molecule has 4 aromatic rings. The van der Waals surface area contributed by atoms with Crippen molar-refractivity contribution < 1.29 is 57.1 Å². The highest BCUT2D eigenvalue weighted by atomic mass is 16.6. The predicted molar refractivity (Wildman–Crippen MR) is 233 cm³/mol. The van der Waals surface area contributed by atoms with Crippen molar-refractivity contribution in [3.63, 3.8) is 0 Å². The van der Waals surface area contributed by atoms with Crippen LogP contribution in [0.25, 0.3) is 21.8 Å². The molecular formula is C46H66N4O12. The standard InChI is InChI=1S/C46H66N4O12/c1-43(2,3)61-41(53)49(31-57-11)45(7,25-33-27-47(29-55-9)37-21-15-13-19-35(33)37)39(51)59-23-17-18-24-60-40(52)46(8,50(32-58-12)42(54)62-44(4,5)6)26-34-28-48(30-56-10)38-22-16-14-20-36(34)38/h13-16,19-22,27-28H,17-18,23-26,29-32H2,1-12H3/t45-,46-/m0/s1. The van der Waals surface area contributed by atoms with Crippen molar-refractivity contribution in [2.45, 2.75) is 117 Å². The molecular weight excluding hydrogens is 801 g/mol. The second kappa shape index (κ2) is 21.3. The van der Waals surface area contributed by atoms with Gasteiger partial charge in [0.25, 0.3) is 0 Å². The summed E-state index contributed by atoms with van der Waals surface area (Å²) in [5.41, 5.74) is -1.49. The number of carbonyl (C=O) groups is 4. The summed E-state index contributed by atoms with van der Waals surface area (Å²) in [6.07, 6.45) is 3.08. The molecule has 0 unspecified atom stereocenters. The van der Waals surface area contributed by atoms with Gasteiger partial charge in [0.15, 0.2) is 0 Å². The van der Waals surface area contributed by atoms with Crippen molar-refractivity contribution in [3.8, 4) is 0 Å². The Morgan fingerprint density at radius 1 is 0.532 bits per heavy atom. The molecule has 16 nitrogen and oxygen atoms in total. The first-order chi connectivity index (χ1) is 29.2. The highest BCUT2D eigenvalue weighted by Gasteiger charge is 2.48. The number of hydrogen-bond acceptors (Lipinski definition) is 12. The normalized spacial score (nSPS) is 13.9. The molecule has 0 saturated carbocycles. The summed E-state index contributed by atoms with van der Waals surface area (Å²) in [6.45, 7) is 13.7. The Balaban J connectivity index is 1.54. The van der Waals surface area contributed by atoms with Crippen LogP contribution in [0.3, 0.4) is 0 Å². The first-order valence-electron chi connectivity index (χ1n) is 20.7. The second-order valence-corrected chi connectivity index (χ2v) is 17.7. The summed E-state index contributed by atoms with van der Waals surface area (Å²) in [6, 6.07) is 15.5. The number of unbranched alkanes of at least 4 members (excludes halogenated alkanes) is 1. The molecule has 2 aromatic carbocycles.